The number of ether oxygens (including phenoxy) is 12. The van der Waals surface area contributed by atoms with Gasteiger partial charge in [0.05, 0.1) is 65.3 Å². The summed E-state index contributed by atoms with van der Waals surface area (Å²) < 4.78 is 58.1. The molecule has 4 amide bonds. The van der Waals surface area contributed by atoms with Crippen molar-refractivity contribution in [3.8, 4) is 0 Å². The Morgan fingerprint density at radius 2 is 0.590 bits per heavy atom. The van der Waals surface area contributed by atoms with Crippen LogP contribution in [0, 0.1) is 0 Å². The third-order valence-corrected chi connectivity index (χ3v) is 12.0. The van der Waals surface area contributed by atoms with E-state index < -0.39 is 102 Å². The first-order valence-electron chi connectivity index (χ1n) is 30.6. The highest BCUT2D eigenvalue weighted by Gasteiger charge is 2.24. The second kappa shape index (κ2) is 48.6. The Morgan fingerprint density at radius 3 is 0.850 bits per heavy atom. The van der Waals surface area contributed by atoms with Gasteiger partial charge in [0.2, 0.25) is 0 Å². The SMILES string of the molecule is CCOC(=O)N[C@H](COC(=O)/C=C/C(=O)OC)c1ccccc1.COC(=O)/C=C/C(=O)OC[C@@H](NC(=O)OC(C)(C)C)c1ccccc1.COC(=O)/C=C/C(=O)OC[C@@H](NC(=O)OC(C)C)c1ccccc1.COC(=O)/C=C/C(=O)OC[C@@H](NC(=O)OCc1ccccc1)c1ccccc1. The lowest BCUT2D eigenvalue weighted by Crippen LogP contribution is -2.37. The minimum atomic E-state index is -0.731. The predicted octanol–water partition coefficient (Wildman–Crippen LogP) is 9.33. The number of carbonyl (C=O) groups is 12. The summed E-state index contributed by atoms with van der Waals surface area (Å²) in [4.78, 5) is 138. The summed E-state index contributed by atoms with van der Waals surface area (Å²) in [6.07, 6.45) is 4.92. The van der Waals surface area contributed by atoms with Gasteiger partial charge in [-0.3, -0.25) is 0 Å². The van der Waals surface area contributed by atoms with Crippen molar-refractivity contribution in [1.82, 2.24) is 21.3 Å². The van der Waals surface area contributed by atoms with E-state index in [4.69, 9.17) is 37.9 Å². The summed E-state index contributed by atoms with van der Waals surface area (Å²) in [7, 11) is 4.81. The molecule has 0 bridgehead atoms. The molecule has 28 nitrogen and oxygen atoms in total. The van der Waals surface area contributed by atoms with Gasteiger partial charge in [0.15, 0.2) is 0 Å². The lowest BCUT2D eigenvalue weighted by molar-refractivity contribution is -0.140. The zero-order chi connectivity index (χ0) is 74.1. The van der Waals surface area contributed by atoms with E-state index in [9.17, 15) is 57.5 Å². The van der Waals surface area contributed by atoms with Crippen molar-refractivity contribution in [1.29, 1.82) is 0 Å². The van der Waals surface area contributed by atoms with Crippen LogP contribution in [0.1, 0.15) is 93.5 Å². The van der Waals surface area contributed by atoms with Crippen LogP contribution in [0.5, 0.6) is 0 Å². The fourth-order valence-corrected chi connectivity index (χ4v) is 7.36. The number of carbonyl (C=O) groups excluding carboxylic acids is 12. The number of hydrogen-bond donors (Lipinski definition) is 4. The first-order valence-corrected chi connectivity index (χ1v) is 30.6. The molecule has 0 saturated carbocycles. The van der Waals surface area contributed by atoms with E-state index in [0.29, 0.717) is 0 Å². The fourth-order valence-electron chi connectivity index (χ4n) is 7.36. The molecule has 0 aliphatic carbocycles. The molecule has 5 rings (SSSR count). The molecular weight excluding hydrogens is 1300 g/mol. The van der Waals surface area contributed by atoms with E-state index in [2.05, 4.69) is 40.2 Å². The largest absolute Gasteiger partial charge is 0.466 e. The molecule has 100 heavy (non-hydrogen) atoms. The van der Waals surface area contributed by atoms with Crippen LogP contribution in [-0.4, -0.2) is 145 Å². The van der Waals surface area contributed by atoms with Crippen molar-refractivity contribution in [3.05, 3.63) is 228 Å². The summed E-state index contributed by atoms with van der Waals surface area (Å²) in [5, 5.41) is 10.6. The van der Waals surface area contributed by atoms with Gasteiger partial charge in [0.25, 0.3) is 0 Å². The predicted molar refractivity (Wildman–Crippen MR) is 359 cm³/mol. The second-order valence-electron chi connectivity index (χ2n) is 21.1. The Balaban J connectivity index is 0.000000455. The number of benzene rings is 5. The minimum absolute atomic E-state index is 0.104. The Bertz CT molecular complexity index is 3470. The first kappa shape index (κ1) is 84.0. The highest BCUT2D eigenvalue weighted by atomic mass is 16.6. The van der Waals surface area contributed by atoms with E-state index in [1.165, 1.54) is 28.4 Å². The smallest absolute Gasteiger partial charge is 0.408 e. The number of rotatable bonds is 28. The summed E-state index contributed by atoms with van der Waals surface area (Å²) in [5.41, 5.74) is 3.20. The van der Waals surface area contributed by atoms with E-state index in [0.717, 1.165) is 76.4 Å². The zero-order valence-electron chi connectivity index (χ0n) is 57.0. The lowest BCUT2D eigenvalue weighted by Gasteiger charge is -2.23. The molecule has 0 saturated heterocycles. The fraction of sp³-hybridized carbons (Fsp3) is 0.306. The summed E-state index contributed by atoms with van der Waals surface area (Å²) in [6.45, 7) is 10.3. The van der Waals surface area contributed by atoms with E-state index in [1.54, 1.807) is 139 Å². The van der Waals surface area contributed by atoms with Gasteiger partial charge in [0, 0.05) is 48.6 Å². The topological polar surface area (TPSA) is 364 Å². The minimum Gasteiger partial charge on any atom is -0.466 e. The van der Waals surface area contributed by atoms with Crippen LogP contribution in [0.25, 0.3) is 0 Å². The quantitative estimate of drug-likeness (QED) is 0.0206. The molecule has 4 atom stereocenters. The molecule has 0 aliphatic rings. The Labute approximate surface area is 579 Å². The van der Waals surface area contributed by atoms with Gasteiger partial charge in [-0.1, -0.05) is 152 Å². The molecule has 0 fully saturated rings. The van der Waals surface area contributed by atoms with Crippen molar-refractivity contribution in [2.45, 2.75) is 84.0 Å². The van der Waals surface area contributed by atoms with Crippen LogP contribution in [0.4, 0.5) is 19.2 Å². The van der Waals surface area contributed by atoms with Crippen LogP contribution < -0.4 is 21.3 Å². The lowest BCUT2D eigenvalue weighted by atomic mass is 10.1. The van der Waals surface area contributed by atoms with E-state index in [-0.39, 0.29) is 45.7 Å². The molecule has 5 aromatic carbocycles. The number of esters is 8. The van der Waals surface area contributed by atoms with Crippen molar-refractivity contribution < 1.29 is 114 Å². The number of alkyl carbamates (subject to hydrolysis) is 4. The highest BCUT2D eigenvalue weighted by molar-refractivity contribution is 5.93. The number of hydrogen-bond acceptors (Lipinski definition) is 24. The number of amides is 4. The average molecular weight is 1390 g/mol. The van der Waals surface area contributed by atoms with Gasteiger partial charge in [-0.2, -0.15) is 0 Å². The molecule has 4 N–H and O–H groups in total. The summed E-state index contributed by atoms with van der Waals surface area (Å²) >= 11 is 0. The van der Waals surface area contributed by atoms with Gasteiger partial charge in [-0.15, -0.1) is 0 Å². The van der Waals surface area contributed by atoms with Crippen LogP contribution in [-0.2, 0) is 102 Å². The third-order valence-electron chi connectivity index (χ3n) is 12.0. The van der Waals surface area contributed by atoms with E-state index in [1.807, 2.05) is 54.6 Å². The Kier molecular flexibility index (Phi) is 40.8. The van der Waals surface area contributed by atoms with Gasteiger partial charge < -0.3 is 78.1 Å². The van der Waals surface area contributed by atoms with Crippen molar-refractivity contribution >= 4 is 72.1 Å². The van der Waals surface area contributed by atoms with Crippen LogP contribution >= 0.6 is 0 Å². The molecular formula is C72H84N4O24. The third kappa shape index (κ3) is 39.7. The molecule has 0 aliphatic heterocycles. The van der Waals surface area contributed by atoms with Crippen LogP contribution in [0.2, 0.25) is 0 Å². The molecule has 28 heteroatoms. The van der Waals surface area contributed by atoms with Gasteiger partial charge in [-0.25, -0.2) is 57.5 Å². The first-order chi connectivity index (χ1) is 47.8. The number of nitrogens with one attached hydrogen (secondary N) is 4. The molecule has 0 aromatic heterocycles. The van der Waals surface area contributed by atoms with Gasteiger partial charge >= 0.3 is 72.1 Å². The Morgan fingerprint density at radius 1 is 0.340 bits per heavy atom. The second-order valence-corrected chi connectivity index (χ2v) is 21.1. The average Bonchev–Trinajstić information content (AvgIpc) is 0.922. The zero-order valence-corrected chi connectivity index (χ0v) is 57.0. The number of methoxy groups -OCH3 is 4. The molecule has 0 unspecified atom stereocenters. The van der Waals surface area contributed by atoms with Crippen LogP contribution in [0.3, 0.4) is 0 Å². The van der Waals surface area contributed by atoms with Crippen molar-refractivity contribution in [2.24, 2.45) is 0 Å². The standard InChI is InChI=1S/C21H21NO6.C18H23NO6.C17H21NO6.C16H19NO6/c1-26-19(23)12-13-20(24)27-15-18(17-10-6-3-7-11-17)22-21(25)28-14-16-8-4-2-5-9-16;1-18(2,3)25-17(22)19-14(13-8-6-5-7-9-13)12-24-16(21)11-10-15(20)23-4;1-12(2)24-17(21)18-14(13-7-5-4-6-8-13)11-23-16(20)10-9-15(19)22-3;1-3-22-16(20)17-13(12-7-5-4-6-8-12)11-23-15(19)10-9-14(18)21-2/h2-13,18H,14-15H2,1H3,(H,22,25);5-11,14H,12H2,1-4H3,(H,19,22);4-10,12,14H,11H2,1-3H3,(H,18,21);4-10,13H,3,11H2,1-2H3,(H,17,20)/b13-12+;11-10+;2*10-9+/t18-;2*14-;13-/m1111/s1. The van der Waals surface area contributed by atoms with Crippen molar-refractivity contribution in [3.63, 3.8) is 0 Å². The maximum Gasteiger partial charge on any atom is 0.408 e. The summed E-state index contributed by atoms with van der Waals surface area (Å²) in [6, 6.07) is 43.0. The molecule has 536 valence electrons. The van der Waals surface area contributed by atoms with Crippen molar-refractivity contribution in [2.75, 3.05) is 61.5 Å². The molecule has 5 aromatic rings. The molecule has 0 spiro atoms. The monoisotopic (exact) mass is 1390 g/mol. The molecule has 0 heterocycles. The Hall–Kier alpha value is -12.1. The summed E-state index contributed by atoms with van der Waals surface area (Å²) in [5.74, 6) is -5.55. The van der Waals surface area contributed by atoms with Crippen LogP contribution in [0.15, 0.2) is 200 Å². The van der Waals surface area contributed by atoms with E-state index >= 15 is 0 Å². The normalized spacial score (nSPS) is 11.8. The highest BCUT2D eigenvalue weighted by Crippen LogP contribution is 2.19. The van der Waals surface area contributed by atoms with Gasteiger partial charge in [0.1, 0.15) is 38.6 Å². The maximum atomic E-state index is 12.1. The molecule has 0 radical (unpaired) electrons. The maximum absolute atomic E-state index is 12.1. The van der Waals surface area contributed by atoms with Gasteiger partial charge in [-0.05, 0) is 69.4 Å².